The topological polar surface area (TPSA) is 50.3 Å². The first-order chi connectivity index (χ1) is 9.24. The smallest absolute Gasteiger partial charge is 0.205 e. The molecular weight excluding hydrogens is 238 g/mol. The molecule has 2 N–H and O–H groups in total. The summed E-state index contributed by atoms with van der Waals surface area (Å²) in [6.07, 6.45) is 5.17. The monoisotopic (exact) mass is 265 g/mol. The van der Waals surface area contributed by atoms with Gasteiger partial charge in [-0.15, -0.1) is 0 Å². The molecule has 108 valence electrons. The van der Waals surface area contributed by atoms with E-state index in [9.17, 15) is 0 Å². The van der Waals surface area contributed by atoms with Crippen molar-refractivity contribution in [1.29, 1.82) is 0 Å². The van der Waals surface area contributed by atoms with E-state index < -0.39 is 0 Å². The van der Waals surface area contributed by atoms with Gasteiger partial charge < -0.3 is 20.1 Å². The summed E-state index contributed by atoms with van der Waals surface area (Å²) >= 11 is 0. The molecule has 2 heterocycles. The van der Waals surface area contributed by atoms with E-state index in [4.69, 9.17) is 5.73 Å². The predicted octanol–water partition coefficient (Wildman–Crippen LogP) is 1.01. The lowest BCUT2D eigenvalue weighted by Crippen LogP contribution is -2.35. The fourth-order valence-corrected chi connectivity index (χ4v) is 2.70. The van der Waals surface area contributed by atoms with E-state index in [0.29, 0.717) is 5.92 Å². The van der Waals surface area contributed by atoms with Gasteiger partial charge in [-0.3, -0.25) is 0 Å². The van der Waals surface area contributed by atoms with Gasteiger partial charge >= 0.3 is 0 Å². The van der Waals surface area contributed by atoms with Crippen LogP contribution < -0.4 is 10.6 Å². The highest BCUT2D eigenvalue weighted by molar-refractivity contribution is 5.31. The molecule has 1 aromatic rings. The van der Waals surface area contributed by atoms with Gasteiger partial charge in [-0.05, 0) is 32.4 Å². The van der Waals surface area contributed by atoms with Crippen LogP contribution in [0.15, 0.2) is 12.4 Å². The number of anilines is 1. The highest BCUT2D eigenvalue weighted by atomic mass is 15.3. The van der Waals surface area contributed by atoms with Gasteiger partial charge in [-0.2, -0.15) is 0 Å². The van der Waals surface area contributed by atoms with Crippen molar-refractivity contribution in [3.63, 3.8) is 0 Å². The number of rotatable bonds is 5. The Hall–Kier alpha value is -1.07. The molecule has 1 saturated heterocycles. The second kappa shape index (κ2) is 6.91. The van der Waals surface area contributed by atoms with Crippen molar-refractivity contribution in [3.8, 4) is 0 Å². The fourth-order valence-electron chi connectivity index (χ4n) is 2.70. The number of nitrogens with two attached hydrogens (primary N) is 1. The maximum Gasteiger partial charge on any atom is 0.205 e. The largest absolute Gasteiger partial charge is 0.341 e. The molecule has 0 amide bonds. The van der Waals surface area contributed by atoms with Crippen LogP contribution in [0, 0.1) is 5.92 Å². The summed E-state index contributed by atoms with van der Waals surface area (Å²) < 4.78 is 2.22. The van der Waals surface area contributed by atoms with Crippen LogP contribution in [0.3, 0.4) is 0 Å². The third kappa shape index (κ3) is 3.70. The lowest BCUT2D eigenvalue weighted by Gasteiger charge is -2.24. The molecule has 1 unspecified atom stereocenters. The quantitative estimate of drug-likeness (QED) is 0.863. The van der Waals surface area contributed by atoms with E-state index in [2.05, 4.69) is 39.4 Å². The van der Waals surface area contributed by atoms with E-state index in [1.807, 2.05) is 6.20 Å². The Bertz CT molecular complexity index is 376. The molecule has 0 bridgehead atoms. The van der Waals surface area contributed by atoms with E-state index in [1.165, 1.54) is 13.0 Å². The summed E-state index contributed by atoms with van der Waals surface area (Å²) in [6.45, 7) is 11.7. The zero-order valence-corrected chi connectivity index (χ0v) is 12.3. The SMILES string of the molecule is CCn1ccnc1N1CCCN(CC(C)CN)CC1. The zero-order chi connectivity index (χ0) is 13.7. The number of hydrogen-bond donors (Lipinski definition) is 1. The normalized spacial score (nSPS) is 19.4. The van der Waals surface area contributed by atoms with Gasteiger partial charge in [-0.25, -0.2) is 4.98 Å². The molecule has 0 aliphatic carbocycles. The number of aryl methyl sites for hydroxylation is 1. The maximum absolute atomic E-state index is 5.72. The van der Waals surface area contributed by atoms with Crippen LogP contribution in [0.25, 0.3) is 0 Å². The Labute approximate surface area is 116 Å². The minimum absolute atomic E-state index is 0.587. The van der Waals surface area contributed by atoms with Crippen LogP contribution >= 0.6 is 0 Å². The molecule has 1 aliphatic heterocycles. The van der Waals surface area contributed by atoms with Crippen molar-refractivity contribution in [2.24, 2.45) is 11.7 Å². The number of nitrogens with zero attached hydrogens (tertiary/aromatic N) is 4. The van der Waals surface area contributed by atoms with Gasteiger partial charge in [0.05, 0.1) is 0 Å². The van der Waals surface area contributed by atoms with Gasteiger partial charge in [0.1, 0.15) is 0 Å². The zero-order valence-electron chi connectivity index (χ0n) is 12.3. The molecular formula is C14H27N5. The van der Waals surface area contributed by atoms with Crippen molar-refractivity contribution in [2.45, 2.75) is 26.8 Å². The molecule has 1 atom stereocenters. The van der Waals surface area contributed by atoms with Crippen LogP contribution in [0.5, 0.6) is 0 Å². The first-order valence-corrected chi connectivity index (χ1v) is 7.43. The maximum atomic E-state index is 5.72. The Kier molecular flexibility index (Phi) is 5.22. The predicted molar refractivity (Wildman–Crippen MR) is 79.4 cm³/mol. The fraction of sp³-hybridized carbons (Fsp3) is 0.786. The number of aromatic nitrogens is 2. The third-order valence-electron chi connectivity index (χ3n) is 3.88. The van der Waals surface area contributed by atoms with Crippen LogP contribution in [-0.4, -0.2) is 53.7 Å². The van der Waals surface area contributed by atoms with Crippen LogP contribution in [-0.2, 0) is 6.54 Å². The second-order valence-electron chi connectivity index (χ2n) is 5.50. The lowest BCUT2D eigenvalue weighted by atomic mass is 10.1. The first-order valence-electron chi connectivity index (χ1n) is 7.43. The lowest BCUT2D eigenvalue weighted by molar-refractivity contribution is 0.255. The second-order valence-corrected chi connectivity index (χ2v) is 5.50. The van der Waals surface area contributed by atoms with E-state index in [0.717, 1.165) is 45.2 Å². The Morgan fingerprint density at radius 2 is 2.16 bits per heavy atom. The minimum atomic E-state index is 0.587. The van der Waals surface area contributed by atoms with Crippen molar-refractivity contribution in [2.75, 3.05) is 44.2 Å². The number of imidazole rings is 1. The van der Waals surface area contributed by atoms with E-state index in [1.54, 1.807) is 0 Å². The van der Waals surface area contributed by atoms with Crippen molar-refractivity contribution >= 4 is 5.95 Å². The third-order valence-corrected chi connectivity index (χ3v) is 3.88. The Morgan fingerprint density at radius 1 is 1.32 bits per heavy atom. The molecule has 1 aliphatic rings. The molecule has 19 heavy (non-hydrogen) atoms. The van der Waals surface area contributed by atoms with Crippen molar-refractivity contribution in [3.05, 3.63) is 12.4 Å². The Morgan fingerprint density at radius 3 is 2.89 bits per heavy atom. The molecule has 0 spiro atoms. The summed E-state index contributed by atoms with van der Waals surface area (Å²) in [5.74, 6) is 1.71. The molecule has 0 saturated carbocycles. The molecule has 5 heteroatoms. The number of hydrogen-bond acceptors (Lipinski definition) is 4. The molecule has 0 radical (unpaired) electrons. The van der Waals surface area contributed by atoms with E-state index in [-0.39, 0.29) is 0 Å². The van der Waals surface area contributed by atoms with Gasteiger partial charge in [0, 0.05) is 45.1 Å². The highest BCUT2D eigenvalue weighted by Gasteiger charge is 2.18. The first kappa shape index (κ1) is 14.3. The molecule has 0 aromatic carbocycles. The van der Waals surface area contributed by atoms with E-state index >= 15 is 0 Å². The minimum Gasteiger partial charge on any atom is -0.341 e. The molecule has 1 aromatic heterocycles. The van der Waals surface area contributed by atoms with Gasteiger partial charge in [0.25, 0.3) is 0 Å². The molecule has 5 nitrogen and oxygen atoms in total. The summed E-state index contributed by atoms with van der Waals surface area (Å²) in [5, 5.41) is 0. The van der Waals surface area contributed by atoms with Crippen LogP contribution in [0.1, 0.15) is 20.3 Å². The highest BCUT2D eigenvalue weighted by Crippen LogP contribution is 2.15. The van der Waals surface area contributed by atoms with Crippen LogP contribution in [0.2, 0.25) is 0 Å². The summed E-state index contributed by atoms with van der Waals surface area (Å²) in [4.78, 5) is 9.46. The average Bonchev–Trinajstić information content (AvgIpc) is 2.79. The summed E-state index contributed by atoms with van der Waals surface area (Å²) in [6, 6.07) is 0. The van der Waals surface area contributed by atoms with Gasteiger partial charge in [0.15, 0.2) is 0 Å². The standard InChI is InChI=1S/C14H27N5/c1-3-18-8-5-16-14(18)19-7-4-6-17(9-10-19)12-13(2)11-15/h5,8,13H,3-4,6-7,9-12,15H2,1-2H3. The van der Waals surface area contributed by atoms with Crippen molar-refractivity contribution in [1.82, 2.24) is 14.5 Å². The summed E-state index contributed by atoms with van der Waals surface area (Å²) in [7, 11) is 0. The van der Waals surface area contributed by atoms with Crippen LogP contribution in [0.4, 0.5) is 5.95 Å². The van der Waals surface area contributed by atoms with Gasteiger partial charge in [-0.1, -0.05) is 6.92 Å². The summed E-state index contributed by atoms with van der Waals surface area (Å²) in [5.41, 5.74) is 5.72. The average molecular weight is 265 g/mol. The van der Waals surface area contributed by atoms with Gasteiger partial charge in [0.2, 0.25) is 5.95 Å². The molecule has 2 rings (SSSR count). The van der Waals surface area contributed by atoms with Crippen molar-refractivity contribution < 1.29 is 0 Å². The molecule has 1 fully saturated rings. The Balaban J connectivity index is 1.93.